The maximum Gasteiger partial charge on any atom is 0.287 e. The van der Waals surface area contributed by atoms with Gasteiger partial charge in [0.25, 0.3) is 5.91 Å². The van der Waals surface area contributed by atoms with Crippen LogP contribution in [0.15, 0.2) is 16.5 Å². The van der Waals surface area contributed by atoms with Crippen molar-refractivity contribution in [2.75, 3.05) is 13.1 Å². The number of carbonyl (C=O) groups is 2. The van der Waals surface area contributed by atoms with Gasteiger partial charge in [-0.15, -0.1) is 0 Å². The summed E-state index contributed by atoms with van der Waals surface area (Å²) in [6.45, 7) is 3.18. The van der Waals surface area contributed by atoms with Gasteiger partial charge in [-0.1, -0.05) is 6.92 Å². The maximum absolute atomic E-state index is 11.6. The van der Waals surface area contributed by atoms with Crippen LogP contribution in [0.1, 0.15) is 36.1 Å². The summed E-state index contributed by atoms with van der Waals surface area (Å²) < 4.78 is 5.18. The molecule has 0 radical (unpaired) electrons. The quantitative estimate of drug-likeness (QED) is 0.654. The fourth-order valence-corrected chi connectivity index (χ4v) is 1.34. The summed E-state index contributed by atoms with van der Waals surface area (Å²) in [5.74, 6) is 0.363. The monoisotopic (exact) mass is 253 g/mol. The molecule has 6 nitrogen and oxygen atoms in total. The topological polar surface area (TPSA) is 97.4 Å². The van der Waals surface area contributed by atoms with Crippen LogP contribution in [0.4, 0.5) is 0 Å². The van der Waals surface area contributed by atoms with E-state index in [1.807, 2.05) is 6.92 Å². The van der Waals surface area contributed by atoms with E-state index < -0.39 is 0 Å². The van der Waals surface area contributed by atoms with Crippen molar-refractivity contribution in [3.05, 3.63) is 23.7 Å². The van der Waals surface area contributed by atoms with Gasteiger partial charge >= 0.3 is 0 Å². The lowest BCUT2D eigenvalue weighted by molar-refractivity contribution is -0.120. The molecule has 1 aromatic rings. The van der Waals surface area contributed by atoms with Gasteiger partial charge in [0, 0.05) is 19.5 Å². The standard InChI is InChI=1S/C12H19N3O3/c1-2-6-14-11(16)5-7-15-12(17)10-4-3-9(8-13)18-10/h3-4H,2,5-8,13H2,1H3,(H,14,16)(H,15,17). The number of rotatable bonds is 7. The first-order chi connectivity index (χ1) is 8.67. The highest BCUT2D eigenvalue weighted by Crippen LogP contribution is 2.06. The third-order valence-electron chi connectivity index (χ3n) is 2.30. The molecular weight excluding hydrogens is 234 g/mol. The smallest absolute Gasteiger partial charge is 0.287 e. The van der Waals surface area contributed by atoms with Gasteiger partial charge in [-0.25, -0.2) is 0 Å². The maximum atomic E-state index is 11.6. The molecule has 18 heavy (non-hydrogen) atoms. The molecule has 6 heteroatoms. The van der Waals surface area contributed by atoms with Crippen LogP contribution in [-0.4, -0.2) is 24.9 Å². The zero-order chi connectivity index (χ0) is 13.4. The Kier molecular flexibility index (Phi) is 5.93. The van der Waals surface area contributed by atoms with Gasteiger partial charge in [0.15, 0.2) is 5.76 Å². The Bertz CT molecular complexity index is 401. The predicted octanol–water partition coefficient (Wildman–Crippen LogP) is 0.384. The largest absolute Gasteiger partial charge is 0.455 e. The van der Waals surface area contributed by atoms with Crippen molar-refractivity contribution < 1.29 is 14.0 Å². The van der Waals surface area contributed by atoms with Crippen LogP contribution in [0.25, 0.3) is 0 Å². The summed E-state index contributed by atoms with van der Waals surface area (Å²) in [5, 5.41) is 5.34. The Morgan fingerprint density at radius 3 is 2.67 bits per heavy atom. The van der Waals surface area contributed by atoms with Crippen LogP contribution in [0.3, 0.4) is 0 Å². The first-order valence-corrected chi connectivity index (χ1v) is 6.01. The fourth-order valence-electron chi connectivity index (χ4n) is 1.34. The summed E-state index contributed by atoms with van der Waals surface area (Å²) in [4.78, 5) is 22.9. The van der Waals surface area contributed by atoms with Crippen molar-refractivity contribution in [2.24, 2.45) is 5.73 Å². The number of nitrogens with one attached hydrogen (secondary N) is 2. The zero-order valence-corrected chi connectivity index (χ0v) is 10.5. The van der Waals surface area contributed by atoms with E-state index in [-0.39, 0.29) is 37.1 Å². The summed E-state index contributed by atoms with van der Waals surface area (Å²) in [5.41, 5.74) is 5.37. The van der Waals surface area contributed by atoms with E-state index in [2.05, 4.69) is 10.6 Å². The van der Waals surface area contributed by atoms with Gasteiger partial charge in [-0.3, -0.25) is 9.59 Å². The van der Waals surface area contributed by atoms with Crippen molar-refractivity contribution in [3.63, 3.8) is 0 Å². The molecule has 0 spiro atoms. The van der Waals surface area contributed by atoms with E-state index in [0.717, 1.165) is 6.42 Å². The van der Waals surface area contributed by atoms with E-state index >= 15 is 0 Å². The van der Waals surface area contributed by atoms with E-state index in [1.54, 1.807) is 12.1 Å². The van der Waals surface area contributed by atoms with Crippen LogP contribution >= 0.6 is 0 Å². The number of hydrogen-bond acceptors (Lipinski definition) is 4. The lowest BCUT2D eigenvalue weighted by Crippen LogP contribution is -2.30. The van der Waals surface area contributed by atoms with Crippen LogP contribution in [0.2, 0.25) is 0 Å². The third-order valence-corrected chi connectivity index (χ3v) is 2.30. The Hall–Kier alpha value is -1.82. The second-order valence-electron chi connectivity index (χ2n) is 3.83. The highest BCUT2D eigenvalue weighted by atomic mass is 16.4. The molecule has 2 amide bonds. The number of furan rings is 1. The fraction of sp³-hybridized carbons (Fsp3) is 0.500. The van der Waals surface area contributed by atoms with Gasteiger partial charge in [-0.05, 0) is 18.6 Å². The molecule has 0 saturated carbocycles. The van der Waals surface area contributed by atoms with Gasteiger partial charge in [0.2, 0.25) is 5.91 Å². The second-order valence-corrected chi connectivity index (χ2v) is 3.83. The minimum Gasteiger partial charge on any atom is -0.455 e. The molecule has 1 aromatic heterocycles. The Balaban J connectivity index is 2.26. The number of nitrogens with two attached hydrogens (primary N) is 1. The minimum atomic E-state index is -0.335. The number of carbonyl (C=O) groups excluding carboxylic acids is 2. The van der Waals surface area contributed by atoms with E-state index in [4.69, 9.17) is 10.2 Å². The molecule has 0 fully saturated rings. The molecule has 0 aromatic carbocycles. The molecule has 0 aliphatic carbocycles. The summed E-state index contributed by atoms with van der Waals surface area (Å²) in [6.07, 6.45) is 1.16. The average Bonchev–Trinajstić information content (AvgIpc) is 2.85. The Morgan fingerprint density at radius 1 is 1.28 bits per heavy atom. The lowest BCUT2D eigenvalue weighted by Gasteiger charge is -2.04. The van der Waals surface area contributed by atoms with Gasteiger partial charge < -0.3 is 20.8 Å². The minimum absolute atomic E-state index is 0.0701. The van der Waals surface area contributed by atoms with E-state index in [9.17, 15) is 9.59 Å². The van der Waals surface area contributed by atoms with Crippen molar-refractivity contribution in [2.45, 2.75) is 26.3 Å². The molecule has 1 rings (SSSR count). The SMILES string of the molecule is CCCNC(=O)CCNC(=O)c1ccc(CN)o1. The van der Waals surface area contributed by atoms with Crippen LogP contribution in [-0.2, 0) is 11.3 Å². The summed E-state index contributed by atoms with van der Waals surface area (Å²) >= 11 is 0. The first kappa shape index (κ1) is 14.2. The summed E-state index contributed by atoms with van der Waals surface area (Å²) in [6, 6.07) is 3.22. The molecule has 0 atom stereocenters. The first-order valence-electron chi connectivity index (χ1n) is 6.01. The lowest BCUT2D eigenvalue weighted by atomic mass is 10.3. The van der Waals surface area contributed by atoms with Crippen molar-refractivity contribution in [1.82, 2.24) is 10.6 Å². The molecule has 0 aliphatic heterocycles. The third kappa shape index (κ3) is 4.58. The molecule has 4 N–H and O–H groups in total. The molecule has 0 unspecified atom stereocenters. The Labute approximate surface area is 106 Å². The van der Waals surface area contributed by atoms with Crippen LogP contribution < -0.4 is 16.4 Å². The molecule has 0 saturated heterocycles. The zero-order valence-electron chi connectivity index (χ0n) is 10.5. The molecule has 0 aliphatic rings. The van der Waals surface area contributed by atoms with E-state index in [1.165, 1.54) is 0 Å². The van der Waals surface area contributed by atoms with Gasteiger partial charge in [0.05, 0.1) is 6.54 Å². The normalized spacial score (nSPS) is 10.1. The van der Waals surface area contributed by atoms with Crippen LogP contribution in [0.5, 0.6) is 0 Å². The molecular formula is C12H19N3O3. The Morgan fingerprint density at radius 2 is 2.06 bits per heavy atom. The van der Waals surface area contributed by atoms with Gasteiger partial charge in [0.1, 0.15) is 5.76 Å². The van der Waals surface area contributed by atoms with Gasteiger partial charge in [-0.2, -0.15) is 0 Å². The second kappa shape index (κ2) is 7.50. The highest BCUT2D eigenvalue weighted by Gasteiger charge is 2.10. The highest BCUT2D eigenvalue weighted by molar-refractivity contribution is 5.91. The molecule has 100 valence electrons. The van der Waals surface area contributed by atoms with Crippen molar-refractivity contribution in [1.29, 1.82) is 0 Å². The number of amides is 2. The van der Waals surface area contributed by atoms with E-state index in [0.29, 0.717) is 12.3 Å². The summed E-state index contributed by atoms with van der Waals surface area (Å²) in [7, 11) is 0. The van der Waals surface area contributed by atoms with Crippen LogP contribution in [0, 0.1) is 0 Å². The number of hydrogen-bond donors (Lipinski definition) is 3. The molecule has 0 bridgehead atoms. The molecule has 1 heterocycles. The predicted molar refractivity (Wildman–Crippen MR) is 66.9 cm³/mol. The average molecular weight is 253 g/mol. The van der Waals surface area contributed by atoms with Crippen molar-refractivity contribution >= 4 is 11.8 Å². The van der Waals surface area contributed by atoms with Crippen molar-refractivity contribution in [3.8, 4) is 0 Å².